The first-order valence-corrected chi connectivity index (χ1v) is 10.3. The van der Waals surface area contributed by atoms with E-state index in [1.807, 2.05) is 56.3 Å². The monoisotopic (exact) mass is 404 g/mol. The number of rotatable bonds is 8. The molecule has 0 saturated heterocycles. The summed E-state index contributed by atoms with van der Waals surface area (Å²) in [6.07, 6.45) is 0. The highest BCUT2D eigenvalue weighted by molar-refractivity contribution is 8.00. The number of aryl methyl sites for hydroxylation is 1. The molecule has 0 heterocycles. The van der Waals surface area contributed by atoms with Gasteiger partial charge in [0.25, 0.3) is 0 Å². The summed E-state index contributed by atoms with van der Waals surface area (Å²) >= 11 is 7.73. The molecule has 0 radical (unpaired) electrons. The fraction of sp³-hybridized carbons (Fsp3) is 0.333. The minimum Gasteiger partial charge on any atom is -0.355 e. The Morgan fingerprint density at radius 3 is 2.44 bits per heavy atom. The van der Waals surface area contributed by atoms with Crippen molar-refractivity contribution < 1.29 is 9.59 Å². The van der Waals surface area contributed by atoms with Crippen LogP contribution in [0.4, 0.5) is 0 Å². The molecule has 1 unspecified atom stereocenters. The van der Waals surface area contributed by atoms with Gasteiger partial charge in [0, 0.05) is 23.0 Å². The quantitative estimate of drug-likeness (QED) is 0.667. The Hall–Kier alpha value is -1.98. The summed E-state index contributed by atoms with van der Waals surface area (Å²) in [5.74, 6) is -0.00505. The van der Waals surface area contributed by atoms with E-state index >= 15 is 0 Å². The van der Waals surface area contributed by atoms with Crippen LogP contribution in [0, 0.1) is 6.92 Å². The van der Waals surface area contributed by atoms with Crippen LogP contribution in [0.5, 0.6) is 0 Å². The van der Waals surface area contributed by atoms with Gasteiger partial charge in [-0.25, -0.2) is 0 Å². The second-order valence-electron chi connectivity index (χ2n) is 6.29. The Labute approximate surface area is 170 Å². The molecule has 0 fully saturated rings. The molecule has 2 rings (SSSR count). The lowest BCUT2D eigenvalue weighted by Crippen LogP contribution is -2.48. The van der Waals surface area contributed by atoms with E-state index in [1.54, 1.807) is 17.9 Å². The van der Waals surface area contributed by atoms with Crippen LogP contribution in [0.2, 0.25) is 5.02 Å². The predicted molar refractivity (Wildman–Crippen MR) is 112 cm³/mol. The molecule has 0 aromatic heterocycles. The number of carbonyl (C=O) groups is 2. The third-order valence-electron chi connectivity index (χ3n) is 4.20. The average molecular weight is 405 g/mol. The molecular formula is C21H25ClN2O2S. The second-order valence-corrected chi connectivity index (χ2v) is 7.74. The molecule has 1 atom stereocenters. The molecule has 0 aliphatic carbocycles. The number of nitrogens with one attached hydrogen (secondary N) is 1. The van der Waals surface area contributed by atoms with Crippen LogP contribution >= 0.6 is 23.4 Å². The van der Waals surface area contributed by atoms with Gasteiger partial charge in [0.1, 0.15) is 6.04 Å². The van der Waals surface area contributed by atoms with Crippen molar-refractivity contribution in [2.75, 3.05) is 12.3 Å². The van der Waals surface area contributed by atoms with Crippen LogP contribution in [-0.4, -0.2) is 35.1 Å². The van der Waals surface area contributed by atoms with Crippen molar-refractivity contribution >= 4 is 35.2 Å². The number of hydrogen-bond acceptors (Lipinski definition) is 3. The fourth-order valence-electron chi connectivity index (χ4n) is 2.58. The molecule has 0 aliphatic rings. The SMILES string of the molecule is CCNC(=O)C(C)N(Cc1ccccc1Cl)C(=O)CSc1ccc(C)cc1. The van der Waals surface area contributed by atoms with Gasteiger partial charge in [-0.3, -0.25) is 9.59 Å². The van der Waals surface area contributed by atoms with Gasteiger partial charge in [-0.15, -0.1) is 11.8 Å². The maximum Gasteiger partial charge on any atom is 0.242 e. The summed E-state index contributed by atoms with van der Waals surface area (Å²) in [6, 6.07) is 14.8. The first-order chi connectivity index (χ1) is 12.9. The maximum absolute atomic E-state index is 12.9. The van der Waals surface area contributed by atoms with Crippen molar-refractivity contribution in [3.05, 3.63) is 64.7 Å². The molecule has 2 aromatic carbocycles. The highest BCUT2D eigenvalue weighted by Crippen LogP contribution is 2.22. The van der Waals surface area contributed by atoms with Gasteiger partial charge in [-0.1, -0.05) is 47.5 Å². The Morgan fingerprint density at radius 2 is 1.81 bits per heavy atom. The highest BCUT2D eigenvalue weighted by Gasteiger charge is 2.26. The zero-order valence-electron chi connectivity index (χ0n) is 15.9. The van der Waals surface area contributed by atoms with E-state index < -0.39 is 6.04 Å². The van der Waals surface area contributed by atoms with Crippen LogP contribution in [-0.2, 0) is 16.1 Å². The van der Waals surface area contributed by atoms with Gasteiger partial charge in [-0.05, 0) is 44.5 Å². The Balaban J connectivity index is 2.14. The molecule has 0 spiro atoms. The van der Waals surface area contributed by atoms with Crippen LogP contribution in [0.15, 0.2) is 53.4 Å². The van der Waals surface area contributed by atoms with Crippen LogP contribution in [0.1, 0.15) is 25.0 Å². The van der Waals surface area contributed by atoms with E-state index in [1.165, 1.54) is 17.3 Å². The molecule has 0 aliphatic heterocycles. The van der Waals surface area contributed by atoms with E-state index in [0.29, 0.717) is 18.1 Å². The van der Waals surface area contributed by atoms with Gasteiger partial charge in [-0.2, -0.15) is 0 Å². The van der Waals surface area contributed by atoms with Crippen molar-refractivity contribution in [2.24, 2.45) is 0 Å². The average Bonchev–Trinajstić information content (AvgIpc) is 2.66. The molecule has 2 amide bonds. The molecule has 0 bridgehead atoms. The Morgan fingerprint density at radius 1 is 1.15 bits per heavy atom. The van der Waals surface area contributed by atoms with Crippen LogP contribution in [0.25, 0.3) is 0 Å². The number of carbonyl (C=O) groups excluding carboxylic acids is 2. The lowest BCUT2D eigenvalue weighted by Gasteiger charge is -2.29. The predicted octanol–water partition coefficient (Wildman–Crippen LogP) is 4.29. The van der Waals surface area contributed by atoms with Crippen molar-refractivity contribution in [3.63, 3.8) is 0 Å². The molecule has 27 heavy (non-hydrogen) atoms. The maximum atomic E-state index is 12.9. The fourth-order valence-corrected chi connectivity index (χ4v) is 3.56. The van der Waals surface area contributed by atoms with Gasteiger partial charge in [0.15, 0.2) is 0 Å². The number of amides is 2. The standard InChI is InChI=1S/C21H25ClN2O2S/c1-4-23-21(26)16(3)24(13-17-7-5-6-8-19(17)22)20(25)14-27-18-11-9-15(2)10-12-18/h5-12,16H,4,13-14H2,1-3H3,(H,23,26). The summed E-state index contributed by atoms with van der Waals surface area (Å²) in [5, 5.41) is 3.38. The molecule has 4 nitrogen and oxygen atoms in total. The van der Waals surface area contributed by atoms with E-state index in [0.717, 1.165) is 10.5 Å². The summed E-state index contributed by atoms with van der Waals surface area (Å²) in [7, 11) is 0. The molecule has 2 aromatic rings. The van der Waals surface area contributed by atoms with E-state index in [2.05, 4.69) is 5.32 Å². The summed E-state index contributed by atoms with van der Waals surface area (Å²) < 4.78 is 0. The Kier molecular flexibility index (Phi) is 8.20. The number of thioether (sulfide) groups is 1. The van der Waals surface area contributed by atoms with Gasteiger partial charge >= 0.3 is 0 Å². The number of hydrogen-bond donors (Lipinski definition) is 1. The highest BCUT2D eigenvalue weighted by atomic mass is 35.5. The third-order valence-corrected chi connectivity index (χ3v) is 5.57. The van der Waals surface area contributed by atoms with Crippen LogP contribution in [0.3, 0.4) is 0 Å². The zero-order chi connectivity index (χ0) is 19.8. The van der Waals surface area contributed by atoms with Crippen molar-refractivity contribution in [1.82, 2.24) is 10.2 Å². The van der Waals surface area contributed by atoms with E-state index in [4.69, 9.17) is 11.6 Å². The number of halogens is 1. The van der Waals surface area contributed by atoms with E-state index in [9.17, 15) is 9.59 Å². The van der Waals surface area contributed by atoms with Crippen molar-refractivity contribution in [2.45, 2.75) is 38.3 Å². The smallest absolute Gasteiger partial charge is 0.242 e. The van der Waals surface area contributed by atoms with Gasteiger partial charge < -0.3 is 10.2 Å². The summed E-state index contributed by atoms with van der Waals surface area (Å²) in [5.41, 5.74) is 2.00. The topological polar surface area (TPSA) is 49.4 Å². The number of likely N-dealkylation sites (N-methyl/N-ethyl adjacent to an activating group) is 1. The van der Waals surface area contributed by atoms with Crippen LogP contribution < -0.4 is 5.32 Å². The van der Waals surface area contributed by atoms with Gasteiger partial charge in [0.05, 0.1) is 5.75 Å². The third kappa shape index (κ3) is 6.29. The van der Waals surface area contributed by atoms with E-state index in [-0.39, 0.29) is 17.6 Å². The van der Waals surface area contributed by atoms with Crippen molar-refractivity contribution in [1.29, 1.82) is 0 Å². The summed E-state index contributed by atoms with van der Waals surface area (Å²) in [4.78, 5) is 27.9. The minimum atomic E-state index is -0.577. The largest absolute Gasteiger partial charge is 0.355 e. The van der Waals surface area contributed by atoms with Gasteiger partial charge in [0.2, 0.25) is 11.8 Å². The molecular weight excluding hydrogens is 380 g/mol. The number of benzene rings is 2. The molecule has 1 N–H and O–H groups in total. The zero-order valence-corrected chi connectivity index (χ0v) is 17.4. The second kappa shape index (κ2) is 10.4. The molecule has 6 heteroatoms. The number of nitrogens with zero attached hydrogens (tertiary/aromatic N) is 1. The first kappa shape index (κ1) is 21.3. The molecule has 144 valence electrons. The minimum absolute atomic E-state index is 0.0979. The first-order valence-electron chi connectivity index (χ1n) is 8.92. The lowest BCUT2D eigenvalue weighted by atomic mass is 10.1. The van der Waals surface area contributed by atoms with Crippen molar-refractivity contribution in [3.8, 4) is 0 Å². The summed E-state index contributed by atoms with van der Waals surface area (Å²) in [6.45, 7) is 6.45. The normalized spacial score (nSPS) is 11.7. The Bertz CT molecular complexity index is 780. The lowest BCUT2D eigenvalue weighted by molar-refractivity contribution is -0.138. The molecule has 0 saturated carbocycles.